The Balaban J connectivity index is 2.20. The lowest BCUT2D eigenvalue weighted by Gasteiger charge is -2.12. The predicted octanol–water partition coefficient (Wildman–Crippen LogP) is 2.41. The number of carbonyl (C=O) groups excluding carboxylic acids is 1. The van der Waals surface area contributed by atoms with E-state index < -0.39 is 0 Å². The number of thiocarbonyl (C=S) groups is 1. The fraction of sp³-hybridized carbons (Fsp3) is 0.250. The molecule has 0 atom stereocenters. The van der Waals surface area contributed by atoms with Crippen LogP contribution in [-0.2, 0) is 4.79 Å². The Morgan fingerprint density at radius 2 is 1.90 bits per heavy atom. The fourth-order valence-electron chi connectivity index (χ4n) is 2.26. The van der Waals surface area contributed by atoms with Gasteiger partial charge in [-0.05, 0) is 24.4 Å². The molecule has 4 nitrogen and oxygen atoms in total. The van der Waals surface area contributed by atoms with Crippen LogP contribution in [0, 0.1) is 0 Å². The predicted molar refractivity (Wildman–Crippen MR) is 91.6 cm³/mol. The SMILES string of the molecule is CCNC(=O)CCNc1ccc(C(N)=S)c2ccccc12. The Kier molecular flexibility index (Phi) is 5.11. The molecule has 0 aliphatic rings. The van der Waals surface area contributed by atoms with E-state index in [1.54, 1.807) is 0 Å². The Labute approximate surface area is 129 Å². The van der Waals surface area contributed by atoms with Crippen LogP contribution in [0.3, 0.4) is 0 Å². The molecule has 0 spiro atoms. The molecular weight excluding hydrogens is 282 g/mol. The number of nitrogens with two attached hydrogens (primary N) is 1. The summed E-state index contributed by atoms with van der Waals surface area (Å²) in [5.74, 6) is 0.0501. The van der Waals surface area contributed by atoms with Crippen molar-refractivity contribution in [2.24, 2.45) is 5.73 Å². The highest BCUT2D eigenvalue weighted by Gasteiger charge is 2.07. The van der Waals surface area contributed by atoms with Crippen LogP contribution in [0.15, 0.2) is 36.4 Å². The Bertz CT molecular complexity index is 670. The minimum Gasteiger partial charge on any atom is -0.389 e. The third-order valence-corrected chi connectivity index (χ3v) is 3.45. The van der Waals surface area contributed by atoms with Gasteiger partial charge in [0.05, 0.1) is 0 Å². The maximum absolute atomic E-state index is 11.5. The van der Waals surface area contributed by atoms with E-state index in [0.29, 0.717) is 24.5 Å². The Hall–Kier alpha value is -2.14. The molecular formula is C16H19N3OS. The second-order valence-corrected chi connectivity index (χ2v) is 5.14. The largest absolute Gasteiger partial charge is 0.389 e. The average Bonchev–Trinajstić information content (AvgIpc) is 2.47. The summed E-state index contributed by atoms with van der Waals surface area (Å²) < 4.78 is 0. The maximum atomic E-state index is 11.5. The highest BCUT2D eigenvalue weighted by atomic mass is 32.1. The van der Waals surface area contributed by atoms with Crippen LogP contribution in [0.25, 0.3) is 10.8 Å². The van der Waals surface area contributed by atoms with Gasteiger partial charge >= 0.3 is 0 Å². The van der Waals surface area contributed by atoms with Gasteiger partial charge in [-0.3, -0.25) is 4.79 Å². The van der Waals surface area contributed by atoms with Crippen molar-refractivity contribution in [1.29, 1.82) is 0 Å². The molecule has 0 saturated carbocycles. The van der Waals surface area contributed by atoms with E-state index in [9.17, 15) is 4.79 Å². The number of benzene rings is 2. The summed E-state index contributed by atoms with van der Waals surface area (Å²) in [6.07, 6.45) is 0.444. The van der Waals surface area contributed by atoms with Gasteiger partial charge in [0.1, 0.15) is 4.99 Å². The lowest BCUT2D eigenvalue weighted by molar-refractivity contribution is -0.120. The molecule has 2 rings (SSSR count). The van der Waals surface area contributed by atoms with Crippen molar-refractivity contribution in [1.82, 2.24) is 5.32 Å². The topological polar surface area (TPSA) is 67.2 Å². The van der Waals surface area contributed by atoms with Crippen LogP contribution in [0.4, 0.5) is 5.69 Å². The van der Waals surface area contributed by atoms with Crippen molar-refractivity contribution in [3.05, 3.63) is 42.0 Å². The Morgan fingerprint density at radius 3 is 2.57 bits per heavy atom. The smallest absolute Gasteiger partial charge is 0.221 e. The zero-order valence-electron chi connectivity index (χ0n) is 12.0. The molecule has 0 unspecified atom stereocenters. The molecule has 4 N–H and O–H groups in total. The number of anilines is 1. The van der Waals surface area contributed by atoms with Crippen molar-refractivity contribution in [2.75, 3.05) is 18.4 Å². The summed E-state index contributed by atoms with van der Waals surface area (Å²) in [7, 11) is 0. The number of carbonyl (C=O) groups is 1. The van der Waals surface area contributed by atoms with Gasteiger partial charge in [-0.25, -0.2) is 0 Å². The van der Waals surface area contributed by atoms with Crippen molar-refractivity contribution < 1.29 is 4.79 Å². The number of fused-ring (bicyclic) bond motifs is 1. The van der Waals surface area contributed by atoms with Crippen molar-refractivity contribution >= 4 is 39.6 Å². The highest BCUT2D eigenvalue weighted by Crippen LogP contribution is 2.26. The second kappa shape index (κ2) is 7.04. The Morgan fingerprint density at radius 1 is 1.19 bits per heavy atom. The summed E-state index contributed by atoms with van der Waals surface area (Å²) in [6.45, 7) is 3.15. The van der Waals surface area contributed by atoms with Gasteiger partial charge in [-0.2, -0.15) is 0 Å². The van der Waals surface area contributed by atoms with E-state index >= 15 is 0 Å². The number of hydrogen-bond donors (Lipinski definition) is 3. The van der Waals surface area contributed by atoms with E-state index in [0.717, 1.165) is 22.0 Å². The molecule has 2 aromatic rings. The molecule has 0 saturated heterocycles. The molecule has 110 valence electrons. The minimum absolute atomic E-state index is 0.0501. The van der Waals surface area contributed by atoms with Gasteiger partial charge in [-0.15, -0.1) is 0 Å². The average molecular weight is 301 g/mol. The van der Waals surface area contributed by atoms with Crippen LogP contribution in [0.2, 0.25) is 0 Å². The summed E-state index contributed by atoms with van der Waals surface area (Å²) in [5.41, 5.74) is 7.61. The highest BCUT2D eigenvalue weighted by molar-refractivity contribution is 7.80. The summed E-state index contributed by atoms with van der Waals surface area (Å²) >= 11 is 5.09. The van der Waals surface area contributed by atoms with Crippen LogP contribution >= 0.6 is 12.2 Å². The lowest BCUT2D eigenvalue weighted by atomic mass is 10.0. The fourth-order valence-corrected chi connectivity index (χ4v) is 2.44. The molecule has 21 heavy (non-hydrogen) atoms. The molecule has 0 aliphatic carbocycles. The van der Waals surface area contributed by atoms with Crippen molar-refractivity contribution in [3.63, 3.8) is 0 Å². The maximum Gasteiger partial charge on any atom is 0.221 e. The van der Waals surface area contributed by atoms with E-state index in [4.69, 9.17) is 18.0 Å². The van der Waals surface area contributed by atoms with Crippen LogP contribution in [0.5, 0.6) is 0 Å². The van der Waals surface area contributed by atoms with Gasteiger partial charge in [0.25, 0.3) is 0 Å². The normalized spacial score (nSPS) is 10.3. The number of amides is 1. The van der Waals surface area contributed by atoms with E-state index in [2.05, 4.69) is 10.6 Å². The monoisotopic (exact) mass is 301 g/mol. The number of hydrogen-bond acceptors (Lipinski definition) is 3. The van der Waals surface area contributed by atoms with Gasteiger partial charge < -0.3 is 16.4 Å². The van der Waals surface area contributed by atoms with Crippen LogP contribution in [0.1, 0.15) is 18.9 Å². The van der Waals surface area contributed by atoms with Gasteiger partial charge in [-0.1, -0.05) is 36.5 Å². The van der Waals surface area contributed by atoms with Crippen molar-refractivity contribution in [2.45, 2.75) is 13.3 Å². The van der Waals surface area contributed by atoms with Crippen LogP contribution in [-0.4, -0.2) is 24.0 Å². The van der Waals surface area contributed by atoms with E-state index in [-0.39, 0.29) is 5.91 Å². The molecule has 0 heterocycles. The molecule has 2 aromatic carbocycles. The summed E-state index contributed by atoms with van der Waals surface area (Å²) in [6, 6.07) is 11.8. The molecule has 0 fully saturated rings. The summed E-state index contributed by atoms with van der Waals surface area (Å²) in [4.78, 5) is 11.8. The first-order valence-electron chi connectivity index (χ1n) is 6.95. The zero-order chi connectivity index (χ0) is 15.2. The van der Waals surface area contributed by atoms with Gasteiger partial charge in [0.15, 0.2) is 0 Å². The quantitative estimate of drug-likeness (QED) is 0.717. The van der Waals surface area contributed by atoms with Gasteiger partial charge in [0.2, 0.25) is 5.91 Å². The first-order chi connectivity index (χ1) is 10.1. The summed E-state index contributed by atoms with van der Waals surface area (Å²) in [5, 5.41) is 8.15. The third-order valence-electron chi connectivity index (χ3n) is 3.23. The molecule has 1 amide bonds. The lowest BCUT2D eigenvalue weighted by Crippen LogP contribution is -2.24. The second-order valence-electron chi connectivity index (χ2n) is 4.70. The third kappa shape index (κ3) is 3.70. The van der Waals surface area contributed by atoms with Gasteiger partial charge in [0, 0.05) is 36.1 Å². The first-order valence-corrected chi connectivity index (χ1v) is 7.36. The standard InChI is InChI=1S/C16H19N3OS/c1-2-18-15(20)9-10-19-14-8-7-13(16(17)21)11-5-3-4-6-12(11)14/h3-8,19H,2,9-10H2,1H3,(H2,17,21)(H,18,20). The van der Waals surface area contributed by atoms with E-state index in [1.807, 2.05) is 43.3 Å². The van der Waals surface area contributed by atoms with E-state index in [1.165, 1.54) is 0 Å². The first kappa shape index (κ1) is 15.3. The number of rotatable bonds is 6. The molecule has 5 heteroatoms. The van der Waals surface area contributed by atoms with Crippen LogP contribution < -0.4 is 16.4 Å². The van der Waals surface area contributed by atoms with Crippen molar-refractivity contribution in [3.8, 4) is 0 Å². The zero-order valence-corrected chi connectivity index (χ0v) is 12.8. The molecule has 0 aromatic heterocycles. The molecule has 0 bridgehead atoms. The molecule has 0 radical (unpaired) electrons. The number of nitrogens with one attached hydrogen (secondary N) is 2. The minimum atomic E-state index is 0.0501. The molecule has 0 aliphatic heterocycles.